The topological polar surface area (TPSA) is 99.2 Å². The molecule has 4 aromatic rings. The van der Waals surface area contributed by atoms with Crippen molar-refractivity contribution in [1.82, 2.24) is 29.7 Å². The molecule has 1 aromatic carbocycles. The number of benzene rings is 1. The molecule has 2 N–H and O–H groups in total. The van der Waals surface area contributed by atoms with Crippen molar-refractivity contribution in [3.05, 3.63) is 90.1 Å². The molecule has 1 aliphatic rings. The number of pyridine rings is 2. The minimum absolute atomic E-state index is 0.174. The van der Waals surface area contributed by atoms with Gasteiger partial charge in [0, 0.05) is 68.0 Å². The maximum absolute atomic E-state index is 13.0. The van der Waals surface area contributed by atoms with Crippen LogP contribution < -0.4 is 10.6 Å². The molecule has 9 nitrogen and oxygen atoms in total. The highest BCUT2D eigenvalue weighted by molar-refractivity contribution is 6.05. The van der Waals surface area contributed by atoms with Crippen molar-refractivity contribution < 1.29 is 4.79 Å². The fraction of sp³-hybridized carbons (Fsp3) is 0.250. The molecule has 0 radical (unpaired) electrons. The Labute approximate surface area is 216 Å². The smallest absolute Gasteiger partial charge is 0.255 e. The molecule has 4 heterocycles. The van der Waals surface area contributed by atoms with Crippen molar-refractivity contribution >= 4 is 23.2 Å². The molecule has 1 amide bonds. The van der Waals surface area contributed by atoms with Gasteiger partial charge in [0.25, 0.3) is 5.91 Å². The average Bonchev–Trinajstić information content (AvgIpc) is 2.94. The number of amides is 1. The molecule has 0 saturated carbocycles. The predicted octanol–water partition coefficient (Wildman–Crippen LogP) is 3.99. The molecule has 9 heteroatoms. The van der Waals surface area contributed by atoms with Gasteiger partial charge in [0.2, 0.25) is 5.95 Å². The second kappa shape index (κ2) is 11.2. The molecule has 0 atom stereocenters. The summed E-state index contributed by atoms with van der Waals surface area (Å²) in [5, 5.41) is 6.50. The van der Waals surface area contributed by atoms with Gasteiger partial charge >= 0.3 is 0 Å². The van der Waals surface area contributed by atoms with Gasteiger partial charge < -0.3 is 15.5 Å². The van der Waals surface area contributed by atoms with E-state index in [0.717, 1.165) is 54.4 Å². The average molecular weight is 495 g/mol. The number of aryl methyl sites for hydroxylation is 1. The zero-order valence-corrected chi connectivity index (χ0v) is 21.1. The van der Waals surface area contributed by atoms with Crippen molar-refractivity contribution in [1.29, 1.82) is 0 Å². The van der Waals surface area contributed by atoms with Gasteiger partial charge in [-0.3, -0.25) is 19.7 Å². The number of nitrogens with zero attached hydrogens (tertiary/aromatic N) is 6. The maximum Gasteiger partial charge on any atom is 0.255 e. The van der Waals surface area contributed by atoms with E-state index in [2.05, 4.69) is 42.4 Å². The number of likely N-dealkylation sites (N-methyl/N-ethyl adjacent to an activating group) is 1. The quantitative estimate of drug-likeness (QED) is 0.398. The number of hydrogen-bond donors (Lipinski definition) is 2. The van der Waals surface area contributed by atoms with Crippen LogP contribution in [-0.2, 0) is 6.54 Å². The summed E-state index contributed by atoms with van der Waals surface area (Å²) in [6.45, 7) is 6.48. The lowest BCUT2D eigenvalue weighted by Gasteiger charge is -2.33. The molecule has 0 spiro atoms. The number of rotatable bonds is 7. The fourth-order valence-electron chi connectivity index (χ4n) is 4.31. The normalized spacial score (nSPS) is 14.3. The maximum atomic E-state index is 13.0. The van der Waals surface area contributed by atoms with Crippen molar-refractivity contribution in [2.75, 3.05) is 43.9 Å². The van der Waals surface area contributed by atoms with Crippen molar-refractivity contribution in [2.45, 2.75) is 13.5 Å². The lowest BCUT2D eigenvalue weighted by Crippen LogP contribution is -2.44. The summed E-state index contributed by atoms with van der Waals surface area (Å²) < 4.78 is 0. The SMILES string of the molecule is Cc1ncc(NC(=O)c2ccccc2)c(CN2CCN(C)CC2)c1Nc1nccc(-c2cccnc2)n1. The van der Waals surface area contributed by atoms with Crippen LogP contribution in [0.15, 0.2) is 73.3 Å². The third kappa shape index (κ3) is 5.96. The number of carbonyl (C=O) groups excluding carboxylic acids is 1. The van der Waals surface area contributed by atoms with Gasteiger partial charge in [-0.1, -0.05) is 18.2 Å². The van der Waals surface area contributed by atoms with E-state index in [1.54, 1.807) is 36.9 Å². The highest BCUT2D eigenvalue weighted by Crippen LogP contribution is 2.31. The van der Waals surface area contributed by atoms with E-state index in [1.807, 2.05) is 43.3 Å². The Morgan fingerprint density at radius 3 is 2.51 bits per heavy atom. The minimum atomic E-state index is -0.174. The monoisotopic (exact) mass is 494 g/mol. The summed E-state index contributed by atoms with van der Waals surface area (Å²) in [6, 6.07) is 14.9. The van der Waals surface area contributed by atoms with Gasteiger partial charge in [-0.25, -0.2) is 9.97 Å². The first-order valence-electron chi connectivity index (χ1n) is 12.3. The number of aromatic nitrogens is 4. The van der Waals surface area contributed by atoms with Gasteiger partial charge in [0.15, 0.2) is 0 Å². The summed E-state index contributed by atoms with van der Waals surface area (Å²) in [7, 11) is 2.14. The molecule has 5 rings (SSSR count). The zero-order chi connectivity index (χ0) is 25.6. The number of carbonyl (C=O) groups is 1. The second-order valence-corrected chi connectivity index (χ2v) is 9.14. The van der Waals surface area contributed by atoms with E-state index in [9.17, 15) is 4.79 Å². The van der Waals surface area contributed by atoms with Crippen LogP contribution in [0.4, 0.5) is 17.3 Å². The molecule has 0 aliphatic carbocycles. The van der Waals surface area contributed by atoms with Crippen LogP contribution in [0, 0.1) is 6.92 Å². The van der Waals surface area contributed by atoms with Crippen molar-refractivity contribution in [3.8, 4) is 11.3 Å². The second-order valence-electron chi connectivity index (χ2n) is 9.14. The molecule has 0 bridgehead atoms. The molecule has 1 aliphatic heterocycles. The lowest BCUT2D eigenvalue weighted by atomic mass is 10.1. The Balaban J connectivity index is 1.49. The predicted molar refractivity (Wildman–Crippen MR) is 145 cm³/mol. The van der Waals surface area contributed by atoms with Gasteiger partial charge in [0.05, 0.1) is 29.0 Å². The van der Waals surface area contributed by atoms with Gasteiger partial charge in [-0.2, -0.15) is 0 Å². The number of piperazine rings is 1. The Hall–Kier alpha value is -4.21. The minimum Gasteiger partial charge on any atom is -0.322 e. The first kappa shape index (κ1) is 24.5. The van der Waals surface area contributed by atoms with Crippen LogP contribution in [-0.4, -0.2) is 68.9 Å². The first-order valence-corrected chi connectivity index (χ1v) is 12.3. The van der Waals surface area contributed by atoms with Crippen LogP contribution >= 0.6 is 0 Å². The number of anilines is 3. The number of hydrogen-bond acceptors (Lipinski definition) is 8. The van der Waals surface area contributed by atoms with Crippen LogP contribution in [0.3, 0.4) is 0 Å². The van der Waals surface area contributed by atoms with Gasteiger partial charge in [-0.15, -0.1) is 0 Å². The summed E-state index contributed by atoms with van der Waals surface area (Å²) >= 11 is 0. The standard InChI is InChI=1S/C28H30N8O/c1-20-26(34-28-30-12-10-24(33-28)22-9-6-11-29-17-22)23(19-36-15-13-35(2)14-16-36)25(18-31-20)32-27(37)21-7-4-3-5-8-21/h3-12,17-18H,13-16,19H2,1-2H3,(H,32,37)(H,30,33,34). The Kier molecular flexibility index (Phi) is 7.43. The third-order valence-corrected chi connectivity index (χ3v) is 6.49. The summed E-state index contributed by atoms with van der Waals surface area (Å²) in [5.41, 5.74) is 5.50. The van der Waals surface area contributed by atoms with E-state index < -0.39 is 0 Å². The first-order chi connectivity index (χ1) is 18.1. The Bertz CT molecular complexity index is 1360. The lowest BCUT2D eigenvalue weighted by molar-refractivity contribution is 0.102. The van der Waals surface area contributed by atoms with Crippen LogP contribution in [0.25, 0.3) is 11.3 Å². The Morgan fingerprint density at radius 2 is 1.76 bits per heavy atom. The van der Waals surface area contributed by atoms with Crippen LogP contribution in [0.1, 0.15) is 21.6 Å². The molecule has 0 unspecified atom stereocenters. The molecular formula is C28H30N8O. The number of nitrogens with one attached hydrogen (secondary N) is 2. The van der Waals surface area contributed by atoms with Crippen molar-refractivity contribution in [2.24, 2.45) is 0 Å². The molecule has 3 aromatic heterocycles. The van der Waals surface area contributed by atoms with E-state index in [0.29, 0.717) is 23.7 Å². The van der Waals surface area contributed by atoms with E-state index >= 15 is 0 Å². The van der Waals surface area contributed by atoms with Crippen molar-refractivity contribution in [3.63, 3.8) is 0 Å². The highest BCUT2D eigenvalue weighted by Gasteiger charge is 2.21. The largest absolute Gasteiger partial charge is 0.322 e. The molecule has 1 saturated heterocycles. The Morgan fingerprint density at radius 1 is 0.946 bits per heavy atom. The molecule has 37 heavy (non-hydrogen) atoms. The van der Waals surface area contributed by atoms with Gasteiger partial charge in [-0.05, 0) is 44.3 Å². The summed E-state index contributed by atoms with van der Waals surface area (Å²) in [6.07, 6.45) is 6.97. The molecular weight excluding hydrogens is 464 g/mol. The van der Waals surface area contributed by atoms with Crippen LogP contribution in [0.2, 0.25) is 0 Å². The van der Waals surface area contributed by atoms with Crippen LogP contribution in [0.5, 0.6) is 0 Å². The molecule has 188 valence electrons. The zero-order valence-electron chi connectivity index (χ0n) is 21.1. The van der Waals surface area contributed by atoms with E-state index in [1.165, 1.54) is 0 Å². The summed E-state index contributed by atoms with van der Waals surface area (Å²) in [4.78, 5) is 35.7. The van der Waals surface area contributed by atoms with E-state index in [4.69, 9.17) is 4.98 Å². The molecule has 1 fully saturated rings. The van der Waals surface area contributed by atoms with E-state index in [-0.39, 0.29) is 5.91 Å². The third-order valence-electron chi connectivity index (χ3n) is 6.49. The highest BCUT2D eigenvalue weighted by atomic mass is 16.1. The fourth-order valence-corrected chi connectivity index (χ4v) is 4.31. The summed E-state index contributed by atoms with van der Waals surface area (Å²) in [5.74, 6) is 0.282. The van der Waals surface area contributed by atoms with Gasteiger partial charge in [0.1, 0.15) is 0 Å².